The number of hydrogen-bond donors (Lipinski definition) is 0. The second-order valence-electron chi connectivity index (χ2n) is 0.214. The van der Waals surface area contributed by atoms with Gasteiger partial charge in [-0.3, -0.25) is 0 Å². The molecule has 0 amide bonds. The fourth-order valence-electron chi connectivity index (χ4n) is 0. The predicted octanol–water partition coefficient (Wildman–Crippen LogP) is -0.0316. The van der Waals surface area contributed by atoms with E-state index in [-0.39, 0.29) is 40.4 Å². The van der Waals surface area contributed by atoms with Crippen molar-refractivity contribution in [3.63, 3.8) is 0 Å². The zero-order valence-electron chi connectivity index (χ0n) is 1.63. The maximum Gasteiger partial charge on any atom is 0.316 e. The van der Waals surface area contributed by atoms with Crippen LogP contribution in [0.5, 0.6) is 0 Å². The van der Waals surface area contributed by atoms with Gasteiger partial charge in [-0.1, -0.05) is 0 Å². The summed E-state index contributed by atoms with van der Waals surface area (Å²) in [6.07, 6.45) is 0. The summed E-state index contributed by atoms with van der Waals surface area (Å²) >= 11 is -2.24. The van der Waals surface area contributed by atoms with Gasteiger partial charge in [0.1, 0.15) is 0 Å². The second kappa shape index (κ2) is 11.4. The summed E-state index contributed by atoms with van der Waals surface area (Å²) in [4.78, 5) is 0. The minimum Gasteiger partial charge on any atom is 0.316 e. The Morgan fingerprint density at radius 1 is 1.00 bits per heavy atom. The molecule has 0 aliphatic heterocycles. The van der Waals surface area contributed by atoms with Crippen LogP contribution in [0, 0.1) is 30.7 Å². The summed E-state index contributed by atoms with van der Waals surface area (Å²) in [6.45, 7) is 0. The molecule has 0 aliphatic carbocycles. The first-order valence-electron chi connectivity index (χ1n) is 0.567. The van der Waals surface area contributed by atoms with Gasteiger partial charge in [0.25, 0.3) is 0 Å². The predicted molar refractivity (Wildman–Crippen MR) is 36.0 cm³/mol. The van der Waals surface area contributed by atoms with Crippen LogP contribution in [-0.2, 0) is 0 Å². The Morgan fingerprint density at radius 2 is 1.00 bits per heavy atom. The Labute approximate surface area is 85.4 Å². The van der Waals surface area contributed by atoms with Gasteiger partial charge < -0.3 is 0 Å². The molecule has 0 fully saturated rings. The minimum atomic E-state index is -2.24. The molecule has 0 N–H and O–H groups in total. The van der Waals surface area contributed by atoms with Crippen LogP contribution in [0.25, 0.3) is 0 Å². The molecule has 0 rings (SSSR count). The first kappa shape index (κ1) is 16.3. The van der Waals surface area contributed by atoms with Crippen molar-refractivity contribution >= 4 is 57.3 Å². The van der Waals surface area contributed by atoms with Crippen LogP contribution in [0.2, 0.25) is 0 Å². The Hall–Kier alpha value is 3.55. The Balaban J connectivity index is -0.0000000450. The molecule has 0 aliphatic rings. The molecule has 0 heterocycles. The molecule has 0 atom stereocenters. The zero-order valence-corrected chi connectivity index (χ0v) is 7.04. The van der Waals surface area contributed by atoms with Crippen LogP contribution in [0.15, 0.2) is 0 Å². The van der Waals surface area contributed by atoms with E-state index in [2.05, 4.69) is 0 Å². The largest absolute Gasteiger partial charge is 0.316 e. The Morgan fingerprint density at radius 3 is 1.00 bits per heavy atom. The normalized spacial score (nSPS) is 4.50. The standard InChI is InChI=1S/Al.Ce.3ClH.Mg.5H/h;;3*1H;;;;;;/q;+3;;;;;;;;;/p-3. The van der Waals surface area contributed by atoms with Crippen LogP contribution in [0.1, 0.15) is 0 Å². The van der Waals surface area contributed by atoms with Gasteiger partial charge in [-0.05, 0) is 0 Å². The van der Waals surface area contributed by atoms with Crippen molar-refractivity contribution in [1.82, 2.24) is 0 Å². The summed E-state index contributed by atoms with van der Waals surface area (Å²) in [5, 5.41) is 0. The molecule has 0 spiro atoms. The van der Waals surface area contributed by atoms with Gasteiger partial charge in [0.15, 0.2) is 17.4 Å². The molecule has 6 heavy (non-hydrogen) atoms. The molecule has 0 radical (unpaired) electrons. The zero-order chi connectivity index (χ0) is 3.58. The maximum atomic E-state index is 5.02. The molecular formula is H5AlCeCl3Mg. The first-order valence-corrected chi connectivity index (χ1v) is 12.4. The van der Waals surface area contributed by atoms with Crippen LogP contribution in [-0.4, -0.2) is 40.4 Å². The molecule has 0 saturated carbocycles. The SMILES string of the molecule is [AlH3].[Cl][Ce]([Cl])[Cl].[MgH2]. The van der Waals surface area contributed by atoms with E-state index in [4.69, 9.17) is 16.9 Å². The molecule has 0 nitrogen and oxygen atoms in total. The molecule has 35 valence electrons. The van der Waals surface area contributed by atoms with Crippen molar-refractivity contribution in [3.05, 3.63) is 0 Å². The molecule has 0 unspecified atom stereocenters. The van der Waals surface area contributed by atoms with E-state index < -0.39 is 30.7 Å². The molecule has 0 aromatic heterocycles. The van der Waals surface area contributed by atoms with Gasteiger partial charge in [0.05, 0.1) is 0 Å². The third-order valence-electron chi connectivity index (χ3n) is 0. The van der Waals surface area contributed by atoms with Gasteiger partial charge in [-0.15, -0.1) is 0 Å². The van der Waals surface area contributed by atoms with E-state index in [1.807, 2.05) is 0 Å². The third-order valence-corrected chi connectivity index (χ3v) is 0. The van der Waals surface area contributed by atoms with Crippen LogP contribution < -0.4 is 0 Å². The van der Waals surface area contributed by atoms with E-state index in [1.165, 1.54) is 0 Å². The van der Waals surface area contributed by atoms with Gasteiger partial charge in [-0.25, -0.2) is 0 Å². The van der Waals surface area contributed by atoms with Gasteiger partial charge in [-0.2, -0.15) is 0 Å². The van der Waals surface area contributed by atoms with Crippen molar-refractivity contribution in [2.75, 3.05) is 0 Å². The van der Waals surface area contributed by atoms with Crippen molar-refractivity contribution < 1.29 is 30.7 Å². The molecule has 0 bridgehead atoms. The van der Waals surface area contributed by atoms with Gasteiger partial charge in [0, 0.05) is 0 Å². The fourth-order valence-corrected chi connectivity index (χ4v) is 0. The summed E-state index contributed by atoms with van der Waals surface area (Å²) in [6, 6.07) is 0. The van der Waals surface area contributed by atoms with E-state index in [1.54, 1.807) is 0 Å². The summed E-state index contributed by atoms with van der Waals surface area (Å²) in [5.41, 5.74) is 15.1. The topological polar surface area (TPSA) is 0 Å². The average molecular weight is 303 g/mol. The second-order valence-corrected chi connectivity index (χ2v) is 14.0. The number of halogens is 3. The quantitative estimate of drug-likeness (QED) is 0.551. The van der Waals surface area contributed by atoms with E-state index in [0.717, 1.165) is 0 Å². The first-order chi connectivity index (χ1) is 1.73. The number of rotatable bonds is 0. The summed E-state index contributed by atoms with van der Waals surface area (Å²) in [7, 11) is 0. The monoisotopic (exact) mass is 301 g/mol. The Kier molecular flexibility index (Phi) is 30.8. The molecule has 6 heteroatoms. The van der Waals surface area contributed by atoms with Crippen molar-refractivity contribution in [1.29, 1.82) is 0 Å². The van der Waals surface area contributed by atoms with Gasteiger partial charge >= 0.3 is 70.6 Å². The van der Waals surface area contributed by atoms with Crippen molar-refractivity contribution in [2.45, 2.75) is 0 Å². The van der Waals surface area contributed by atoms with Crippen LogP contribution >= 0.6 is 16.9 Å². The van der Waals surface area contributed by atoms with Crippen molar-refractivity contribution in [3.8, 4) is 0 Å². The van der Waals surface area contributed by atoms with Crippen molar-refractivity contribution in [2.24, 2.45) is 0 Å². The minimum absolute atomic E-state index is 0. The molecule has 0 aromatic carbocycles. The van der Waals surface area contributed by atoms with E-state index >= 15 is 0 Å². The van der Waals surface area contributed by atoms with Gasteiger partial charge in [0.2, 0.25) is 0 Å². The van der Waals surface area contributed by atoms with Crippen LogP contribution in [0.3, 0.4) is 0 Å². The molecule has 0 aromatic rings. The van der Waals surface area contributed by atoms with E-state index in [9.17, 15) is 0 Å². The smallest absolute Gasteiger partial charge is 0.316 e. The molecule has 0 saturated heterocycles. The maximum absolute atomic E-state index is 5.02. The third kappa shape index (κ3) is 25.7. The Bertz CT molecular complexity index is 15.5. The van der Waals surface area contributed by atoms with E-state index in [0.29, 0.717) is 0 Å². The molecular weight excluding hydrogens is 298 g/mol. The average Bonchev–Trinajstić information content (AvgIpc) is 0.811. The summed E-state index contributed by atoms with van der Waals surface area (Å²) < 4.78 is 0. The summed E-state index contributed by atoms with van der Waals surface area (Å²) in [5.74, 6) is 0. The van der Waals surface area contributed by atoms with Crippen LogP contribution in [0.4, 0.5) is 0 Å². The fraction of sp³-hybridized carbons (Fsp3) is 0. The number of hydrogen-bond acceptors (Lipinski definition) is 0.